The van der Waals surface area contributed by atoms with Crippen molar-refractivity contribution in [3.63, 3.8) is 0 Å². The predicted molar refractivity (Wildman–Crippen MR) is 107 cm³/mol. The summed E-state index contributed by atoms with van der Waals surface area (Å²) < 4.78 is 73.0. The second kappa shape index (κ2) is 8.05. The van der Waals surface area contributed by atoms with Gasteiger partial charge in [0, 0.05) is 11.8 Å². The topological polar surface area (TPSA) is 132 Å². The van der Waals surface area contributed by atoms with Gasteiger partial charge in [0.15, 0.2) is 6.20 Å². The Morgan fingerprint density at radius 1 is 1.58 bits per heavy atom. The molecule has 10 nitrogen and oxygen atoms in total. The normalized spacial score (nSPS) is 36.7. The number of phosphoric ester groups is 1. The first-order valence-electron chi connectivity index (χ1n) is 10.1. The lowest BCUT2D eigenvalue weighted by molar-refractivity contribution is -0.205. The third-order valence-corrected chi connectivity index (χ3v) is 6.38. The van der Waals surface area contributed by atoms with E-state index < -0.39 is 44.3 Å². The summed E-state index contributed by atoms with van der Waals surface area (Å²) in [5.41, 5.74) is -0.197. The van der Waals surface area contributed by atoms with Gasteiger partial charge in [0.1, 0.15) is 29.2 Å². The Morgan fingerprint density at radius 2 is 2.32 bits per heavy atom. The number of nitrogens with zero attached hydrogens (tertiary/aromatic N) is 1. The molecule has 168 valence electrons. The fourth-order valence-corrected chi connectivity index (χ4v) is 4.35. The first-order valence-corrected chi connectivity index (χ1v) is 10.9. The van der Waals surface area contributed by atoms with Gasteiger partial charge in [-0.15, -0.1) is 0 Å². The third-order valence-electron chi connectivity index (χ3n) is 4.49. The molecule has 31 heavy (non-hydrogen) atoms. The lowest BCUT2D eigenvalue weighted by Gasteiger charge is -2.29. The van der Waals surface area contributed by atoms with E-state index in [9.17, 15) is 19.6 Å². The molecule has 4 rings (SSSR count). The highest BCUT2D eigenvalue weighted by Gasteiger charge is 2.57. The van der Waals surface area contributed by atoms with E-state index in [0.29, 0.717) is 11.1 Å². The number of hydrogen-bond acceptors (Lipinski definition) is 9. The molecule has 0 amide bonds. The van der Waals surface area contributed by atoms with E-state index in [-0.39, 0.29) is 26.6 Å². The van der Waals surface area contributed by atoms with Crippen LogP contribution in [0.3, 0.4) is 0 Å². The number of halogens is 2. The highest BCUT2D eigenvalue weighted by Crippen LogP contribution is 2.56. The number of benzene rings is 1. The largest absolute Gasteiger partial charge is 0.530 e. The van der Waals surface area contributed by atoms with E-state index in [1.807, 2.05) is 0 Å². The van der Waals surface area contributed by atoms with Crippen molar-refractivity contribution >= 4 is 31.6 Å². The minimum absolute atomic E-state index is 0.0734. The molecule has 3 heterocycles. The van der Waals surface area contributed by atoms with E-state index in [4.69, 9.17) is 46.2 Å². The zero-order chi connectivity index (χ0) is 25.3. The molecule has 1 fully saturated rings. The van der Waals surface area contributed by atoms with E-state index in [2.05, 4.69) is 4.98 Å². The number of phosphoric acid groups is 1. The number of rotatable bonds is 4. The number of aliphatic hydroxyl groups is 2. The van der Waals surface area contributed by atoms with Crippen LogP contribution >= 0.6 is 31.6 Å². The van der Waals surface area contributed by atoms with E-state index in [1.165, 1.54) is 0 Å². The predicted octanol–water partition coefficient (Wildman–Crippen LogP) is 2.52. The number of para-hydroxylation sites is 1. The molecule has 14 heteroatoms. The van der Waals surface area contributed by atoms with Crippen LogP contribution in [0.4, 0.5) is 4.39 Å². The second-order valence-corrected chi connectivity index (χ2v) is 8.98. The average molecular weight is 498 g/mol. The van der Waals surface area contributed by atoms with Gasteiger partial charge in [-0.1, -0.05) is 42.0 Å². The van der Waals surface area contributed by atoms with Crippen molar-refractivity contribution in [2.45, 2.75) is 37.8 Å². The zero-order valence-corrected chi connectivity index (χ0v) is 18.0. The number of ether oxygens (including phenoxy) is 1. The quantitative estimate of drug-likeness (QED) is 0.430. The van der Waals surface area contributed by atoms with Crippen molar-refractivity contribution in [1.29, 1.82) is 0 Å². The Balaban J connectivity index is 1.69. The Morgan fingerprint density at radius 3 is 3.06 bits per heavy atom. The van der Waals surface area contributed by atoms with Gasteiger partial charge in [-0.2, -0.15) is 0 Å². The molecule has 1 saturated heterocycles. The number of aryl methyl sites for hydroxylation is 1. The summed E-state index contributed by atoms with van der Waals surface area (Å²) in [7, 11) is -4.83. The van der Waals surface area contributed by atoms with Gasteiger partial charge in [-0.3, -0.25) is 18.6 Å². The molecule has 1 aromatic heterocycles. The van der Waals surface area contributed by atoms with Gasteiger partial charge in [-0.25, -0.2) is 13.8 Å². The van der Waals surface area contributed by atoms with Crippen LogP contribution < -0.4 is 10.2 Å². The van der Waals surface area contributed by atoms with Crippen molar-refractivity contribution in [3.8, 4) is 5.75 Å². The first kappa shape index (κ1) is 18.9. The lowest BCUT2D eigenvalue weighted by atomic mass is 10.1. The molecule has 0 saturated carbocycles. The standard InChI is InChI=1S/C17H17ClFN2O8PS/c1-8-3-2-4-9-6-26-30(25,29-12(8)9)27-7-17(19)13(23)11(22)15(28-17)21-5-10(18)14(31)20-16(21)24/h2-5,11,13,15,22-23H,6-7H2,1H3,(H,20,24,31)/t11-,13+,15-,17-,30?/m1/s1/i7D2,15D. The molecular weight excluding hydrogens is 478 g/mol. The number of aromatic nitrogens is 2. The smallest absolute Gasteiger partial charge is 0.403 e. The molecule has 1 unspecified atom stereocenters. The van der Waals surface area contributed by atoms with Crippen molar-refractivity contribution < 1.29 is 41.6 Å². The van der Waals surface area contributed by atoms with Crippen LogP contribution in [0.5, 0.6) is 5.75 Å². The van der Waals surface area contributed by atoms with Crippen LogP contribution in [-0.2, 0) is 25.0 Å². The average Bonchev–Trinajstić information content (AvgIpc) is 2.93. The van der Waals surface area contributed by atoms with E-state index in [0.717, 1.165) is 6.20 Å². The van der Waals surface area contributed by atoms with Gasteiger partial charge in [0.2, 0.25) is 0 Å². The second-order valence-electron chi connectivity index (χ2n) is 6.65. The van der Waals surface area contributed by atoms with Crippen molar-refractivity contribution in [2.24, 2.45) is 0 Å². The highest BCUT2D eigenvalue weighted by molar-refractivity contribution is 7.71. The van der Waals surface area contributed by atoms with Crippen LogP contribution in [0.25, 0.3) is 0 Å². The minimum Gasteiger partial charge on any atom is -0.403 e. The Hall–Kier alpha value is -1.63. The lowest BCUT2D eigenvalue weighted by Crippen LogP contribution is -2.43. The van der Waals surface area contributed by atoms with Crippen LogP contribution in [0, 0.1) is 11.6 Å². The maximum absolute atomic E-state index is 15.9. The van der Waals surface area contributed by atoms with Gasteiger partial charge in [-0.05, 0) is 12.5 Å². The number of alkyl halides is 1. The molecule has 2 aliphatic rings. The maximum atomic E-state index is 15.9. The zero-order valence-electron chi connectivity index (χ0n) is 18.6. The van der Waals surface area contributed by atoms with Gasteiger partial charge < -0.3 is 19.5 Å². The number of hydrogen-bond donors (Lipinski definition) is 3. The number of aliphatic hydroxyl groups excluding tert-OH is 2. The minimum atomic E-state index is -4.83. The summed E-state index contributed by atoms with van der Waals surface area (Å²) in [6.07, 6.45) is -7.76. The van der Waals surface area contributed by atoms with Crippen LogP contribution in [-0.4, -0.2) is 44.4 Å². The van der Waals surface area contributed by atoms with Gasteiger partial charge in [0.05, 0.1) is 15.7 Å². The van der Waals surface area contributed by atoms with Crippen LogP contribution in [0.2, 0.25) is 5.02 Å². The van der Waals surface area contributed by atoms with Crippen molar-refractivity contribution in [2.75, 3.05) is 6.56 Å². The first-order chi connectivity index (χ1) is 15.6. The molecule has 1 aromatic carbocycles. The molecule has 2 aromatic rings. The summed E-state index contributed by atoms with van der Waals surface area (Å²) in [6, 6.07) is 4.89. The molecule has 5 atom stereocenters. The monoisotopic (exact) mass is 497 g/mol. The molecule has 3 N–H and O–H groups in total. The molecule has 0 radical (unpaired) electrons. The number of fused-ring (bicyclic) bond motifs is 1. The summed E-state index contributed by atoms with van der Waals surface area (Å²) in [5.74, 6) is -3.97. The maximum Gasteiger partial charge on any atom is 0.530 e. The molecule has 0 spiro atoms. The fraction of sp³-hybridized carbons (Fsp3) is 0.412. The third kappa shape index (κ3) is 4.10. The number of H-pyrrole nitrogens is 1. The van der Waals surface area contributed by atoms with E-state index in [1.54, 1.807) is 25.1 Å². The van der Waals surface area contributed by atoms with E-state index >= 15 is 4.39 Å². The molecule has 2 aliphatic heterocycles. The summed E-state index contributed by atoms with van der Waals surface area (Å²) in [4.78, 5) is 14.3. The summed E-state index contributed by atoms with van der Waals surface area (Å²) in [5, 5.41) is 20.4. The fourth-order valence-electron chi connectivity index (χ4n) is 2.90. The number of nitrogens with one attached hydrogen (secondary N) is 1. The number of aromatic amines is 1. The van der Waals surface area contributed by atoms with Gasteiger partial charge >= 0.3 is 13.5 Å². The van der Waals surface area contributed by atoms with Crippen molar-refractivity contribution in [3.05, 3.63) is 55.7 Å². The molecule has 0 bridgehead atoms. The summed E-state index contributed by atoms with van der Waals surface area (Å²) >= 11 is 10.6. The summed E-state index contributed by atoms with van der Waals surface area (Å²) in [6.45, 7) is -2.54. The SMILES string of the molecule is [2H]C([2H])(OP1(=O)OCc2cccc(C)c2O1)[C@@]1(F)O[C@@]([2H])(n2cc(Cl)c(=S)[nH]c2=O)[C@H](O)[C@@H]1O. The van der Waals surface area contributed by atoms with Crippen LogP contribution in [0.15, 0.2) is 29.2 Å². The Kier molecular flexibility index (Phi) is 4.91. The molecule has 0 aliphatic carbocycles. The van der Waals surface area contributed by atoms with Crippen LogP contribution in [0.1, 0.15) is 21.4 Å². The highest BCUT2D eigenvalue weighted by atomic mass is 35.5. The van der Waals surface area contributed by atoms with Crippen molar-refractivity contribution in [1.82, 2.24) is 9.55 Å². The Labute approximate surface area is 188 Å². The molecular formula is C17H17ClFN2O8PS. The van der Waals surface area contributed by atoms with Gasteiger partial charge in [0.25, 0.3) is 5.85 Å². The Bertz CT molecular complexity index is 1330.